The van der Waals surface area contributed by atoms with Gasteiger partial charge in [0.05, 0.1) is 10.5 Å². The normalized spacial score (nSPS) is 10.1. The van der Waals surface area contributed by atoms with Crippen LogP contribution in [0, 0.1) is 15.9 Å². The molecule has 108 valence electrons. The van der Waals surface area contributed by atoms with Crippen molar-refractivity contribution in [1.82, 2.24) is 0 Å². The highest BCUT2D eigenvalue weighted by molar-refractivity contribution is 5.87. The molecule has 0 aliphatic rings. The number of carbonyl (C=O) groups is 1. The third kappa shape index (κ3) is 3.53. The molecule has 0 aliphatic carbocycles. The monoisotopic (exact) mass is 291 g/mol. The van der Waals surface area contributed by atoms with Crippen molar-refractivity contribution in [3.63, 3.8) is 0 Å². The van der Waals surface area contributed by atoms with Crippen LogP contribution >= 0.6 is 0 Å². The first-order valence-corrected chi connectivity index (χ1v) is 5.86. The molecule has 21 heavy (non-hydrogen) atoms. The molecule has 2 aromatic rings. The number of hydrogen-bond acceptors (Lipinski definition) is 4. The summed E-state index contributed by atoms with van der Waals surface area (Å²) in [7, 11) is 0. The van der Waals surface area contributed by atoms with Gasteiger partial charge in [-0.2, -0.15) is 4.39 Å². The molecular formula is C14H10FNO5. The molecule has 2 rings (SSSR count). The average Bonchev–Trinajstić information content (AvgIpc) is 2.45. The van der Waals surface area contributed by atoms with Gasteiger partial charge in [0.2, 0.25) is 5.82 Å². The van der Waals surface area contributed by atoms with Crippen molar-refractivity contribution in [3.8, 4) is 5.75 Å². The molecule has 0 saturated heterocycles. The Morgan fingerprint density at radius 3 is 2.43 bits per heavy atom. The number of nitro groups is 1. The molecule has 6 nitrogen and oxygen atoms in total. The lowest BCUT2D eigenvalue weighted by molar-refractivity contribution is -0.387. The van der Waals surface area contributed by atoms with Crippen molar-refractivity contribution in [2.45, 2.75) is 6.61 Å². The summed E-state index contributed by atoms with van der Waals surface area (Å²) in [6.45, 7) is 0.0944. The second-order valence-electron chi connectivity index (χ2n) is 4.16. The van der Waals surface area contributed by atoms with E-state index >= 15 is 0 Å². The summed E-state index contributed by atoms with van der Waals surface area (Å²) in [6.07, 6.45) is 0. The highest BCUT2D eigenvalue weighted by atomic mass is 19.1. The van der Waals surface area contributed by atoms with Gasteiger partial charge in [-0.25, -0.2) is 4.79 Å². The summed E-state index contributed by atoms with van der Waals surface area (Å²) < 4.78 is 18.7. The number of nitro benzene ring substituents is 1. The molecule has 0 radical (unpaired) electrons. The first kappa shape index (κ1) is 14.4. The number of benzene rings is 2. The van der Waals surface area contributed by atoms with Gasteiger partial charge in [0.25, 0.3) is 0 Å². The summed E-state index contributed by atoms with van der Waals surface area (Å²) in [5.74, 6) is -1.85. The summed E-state index contributed by atoms with van der Waals surface area (Å²) in [5, 5.41) is 19.2. The number of rotatable bonds is 5. The first-order valence-electron chi connectivity index (χ1n) is 5.86. The van der Waals surface area contributed by atoms with Crippen LogP contribution in [-0.2, 0) is 6.61 Å². The Balaban J connectivity index is 2.04. The van der Waals surface area contributed by atoms with E-state index in [1.807, 2.05) is 0 Å². The molecule has 7 heteroatoms. The van der Waals surface area contributed by atoms with Crippen LogP contribution in [-0.4, -0.2) is 16.0 Å². The molecule has 2 aromatic carbocycles. The standard InChI is InChI=1S/C14H10FNO5/c15-12-7-11(5-6-13(12)16(19)20)21-8-9-1-3-10(4-2-9)14(17)18/h1-7H,8H2,(H,17,18). The van der Waals surface area contributed by atoms with E-state index in [1.54, 1.807) is 12.1 Å². The third-order valence-corrected chi connectivity index (χ3v) is 2.72. The number of carboxylic acids is 1. The summed E-state index contributed by atoms with van der Waals surface area (Å²) in [5.41, 5.74) is 0.229. The molecule has 0 bridgehead atoms. The van der Waals surface area contributed by atoms with Crippen molar-refractivity contribution in [2.75, 3.05) is 0 Å². The molecule has 0 heterocycles. The van der Waals surface area contributed by atoms with Crippen LogP contribution in [0.2, 0.25) is 0 Å². The first-order chi connectivity index (χ1) is 9.97. The zero-order chi connectivity index (χ0) is 15.4. The maximum atomic E-state index is 13.4. The summed E-state index contributed by atoms with van der Waals surface area (Å²) in [6, 6.07) is 9.26. The van der Waals surface area contributed by atoms with Gasteiger partial charge < -0.3 is 9.84 Å². The average molecular weight is 291 g/mol. The number of ether oxygens (including phenoxy) is 1. The number of halogens is 1. The lowest BCUT2D eigenvalue weighted by Crippen LogP contribution is -1.99. The Morgan fingerprint density at radius 2 is 1.90 bits per heavy atom. The summed E-state index contributed by atoms with van der Waals surface area (Å²) in [4.78, 5) is 20.3. The predicted molar refractivity (Wildman–Crippen MR) is 70.8 cm³/mol. The Morgan fingerprint density at radius 1 is 1.24 bits per heavy atom. The molecule has 0 unspecified atom stereocenters. The van der Waals surface area contributed by atoms with Gasteiger partial charge in [-0.05, 0) is 23.8 Å². The lowest BCUT2D eigenvalue weighted by atomic mass is 10.1. The number of nitrogens with zero attached hydrogens (tertiary/aromatic N) is 1. The maximum absolute atomic E-state index is 13.4. The van der Waals surface area contributed by atoms with E-state index in [0.29, 0.717) is 5.56 Å². The van der Waals surface area contributed by atoms with Gasteiger partial charge in [-0.1, -0.05) is 12.1 Å². The topological polar surface area (TPSA) is 89.7 Å². The molecule has 0 fully saturated rings. The quantitative estimate of drug-likeness (QED) is 0.675. The van der Waals surface area contributed by atoms with Crippen molar-refractivity contribution < 1.29 is 24.0 Å². The highest BCUT2D eigenvalue weighted by Crippen LogP contribution is 2.23. The van der Waals surface area contributed by atoms with Crippen molar-refractivity contribution >= 4 is 11.7 Å². The molecule has 0 saturated carbocycles. The fraction of sp³-hybridized carbons (Fsp3) is 0.0714. The van der Waals surface area contributed by atoms with Gasteiger partial charge in [-0.3, -0.25) is 10.1 Å². The molecule has 0 atom stereocenters. The van der Waals surface area contributed by atoms with Gasteiger partial charge in [-0.15, -0.1) is 0 Å². The third-order valence-electron chi connectivity index (χ3n) is 2.72. The van der Waals surface area contributed by atoms with Crippen molar-refractivity contribution in [3.05, 3.63) is 69.5 Å². The largest absolute Gasteiger partial charge is 0.489 e. The van der Waals surface area contributed by atoms with E-state index in [-0.39, 0.29) is 17.9 Å². The van der Waals surface area contributed by atoms with E-state index in [9.17, 15) is 19.3 Å². The predicted octanol–water partition coefficient (Wildman–Crippen LogP) is 3.01. The van der Waals surface area contributed by atoms with Crippen LogP contribution in [0.4, 0.5) is 10.1 Å². The molecule has 0 amide bonds. The minimum Gasteiger partial charge on any atom is -0.489 e. The number of carboxylic acid groups (broad SMARTS) is 1. The minimum absolute atomic E-state index is 0.0944. The fourth-order valence-electron chi connectivity index (χ4n) is 1.64. The summed E-state index contributed by atoms with van der Waals surface area (Å²) >= 11 is 0. The molecule has 1 N–H and O–H groups in total. The maximum Gasteiger partial charge on any atom is 0.335 e. The van der Waals surface area contributed by atoms with E-state index in [0.717, 1.165) is 12.1 Å². The van der Waals surface area contributed by atoms with Crippen LogP contribution in [0.25, 0.3) is 0 Å². The smallest absolute Gasteiger partial charge is 0.335 e. The van der Waals surface area contributed by atoms with Gasteiger partial charge in [0.15, 0.2) is 0 Å². The second kappa shape index (κ2) is 6.00. The minimum atomic E-state index is -1.03. The Labute approximate surface area is 118 Å². The van der Waals surface area contributed by atoms with E-state index < -0.39 is 22.4 Å². The van der Waals surface area contributed by atoms with Crippen LogP contribution < -0.4 is 4.74 Å². The number of hydrogen-bond donors (Lipinski definition) is 1. The van der Waals surface area contributed by atoms with Gasteiger partial charge in [0, 0.05) is 12.1 Å². The SMILES string of the molecule is O=C(O)c1ccc(COc2ccc([N+](=O)[O-])c(F)c2)cc1. The zero-order valence-electron chi connectivity index (χ0n) is 10.7. The molecule has 0 aromatic heterocycles. The second-order valence-corrected chi connectivity index (χ2v) is 4.16. The van der Waals surface area contributed by atoms with Gasteiger partial charge in [0.1, 0.15) is 12.4 Å². The van der Waals surface area contributed by atoms with Crippen molar-refractivity contribution in [1.29, 1.82) is 0 Å². The van der Waals surface area contributed by atoms with Gasteiger partial charge >= 0.3 is 11.7 Å². The zero-order valence-corrected chi connectivity index (χ0v) is 10.7. The highest BCUT2D eigenvalue weighted by Gasteiger charge is 2.14. The van der Waals surface area contributed by atoms with Crippen LogP contribution in [0.15, 0.2) is 42.5 Å². The fourth-order valence-corrected chi connectivity index (χ4v) is 1.64. The van der Waals surface area contributed by atoms with E-state index in [2.05, 4.69) is 0 Å². The van der Waals surface area contributed by atoms with Crippen molar-refractivity contribution in [2.24, 2.45) is 0 Å². The Kier molecular flexibility index (Phi) is 4.13. The van der Waals surface area contributed by atoms with E-state index in [4.69, 9.17) is 9.84 Å². The van der Waals surface area contributed by atoms with E-state index in [1.165, 1.54) is 18.2 Å². The molecule has 0 spiro atoms. The lowest BCUT2D eigenvalue weighted by Gasteiger charge is -2.06. The van der Waals surface area contributed by atoms with Crippen LogP contribution in [0.5, 0.6) is 5.75 Å². The Bertz CT molecular complexity index is 684. The van der Waals surface area contributed by atoms with Crippen LogP contribution in [0.1, 0.15) is 15.9 Å². The number of aromatic carboxylic acids is 1. The van der Waals surface area contributed by atoms with Crippen LogP contribution in [0.3, 0.4) is 0 Å². The molecular weight excluding hydrogens is 281 g/mol. The molecule has 0 aliphatic heterocycles. The Hall–Kier alpha value is -2.96.